The van der Waals surface area contributed by atoms with Crippen molar-refractivity contribution in [1.82, 2.24) is 0 Å². The third kappa shape index (κ3) is 4.38. The molecule has 2 unspecified atom stereocenters. The molecule has 0 fully saturated rings. The number of hydrogen-bond donors (Lipinski definition) is 0. The molecule has 5 aromatic carbocycles. The number of benzene rings is 5. The highest BCUT2D eigenvalue weighted by Gasteiger charge is 2.44. The Balaban J connectivity index is 1.33. The monoisotopic (exact) mass is 562 g/mol. The third-order valence-electron chi connectivity index (χ3n) is 10.1. The summed E-state index contributed by atoms with van der Waals surface area (Å²) in [5, 5.41) is 5.25. The van der Waals surface area contributed by atoms with Crippen LogP contribution in [0.4, 0.5) is 11.4 Å². The minimum absolute atomic E-state index is 0.0376. The highest BCUT2D eigenvalue weighted by atomic mass is 15.2. The van der Waals surface area contributed by atoms with Crippen molar-refractivity contribution >= 4 is 32.9 Å². The molecule has 0 saturated carbocycles. The molecule has 5 aromatic rings. The van der Waals surface area contributed by atoms with Crippen LogP contribution in [0.1, 0.15) is 50.8 Å². The molecule has 7 rings (SSSR count). The highest BCUT2D eigenvalue weighted by molar-refractivity contribution is 5.95. The molecular formula is C41H42N2. The van der Waals surface area contributed by atoms with Crippen molar-refractivity contribution in [2.24, 2.45) is 0 Å². The third-order valence-corrected chi connectivity index (χ3v) is 10.1. The van der Waals surface area contributed by atoms with E-state index in [1.165, 1.54) is 55.3 Å². The predicted octanol–water partition coefficient (Wildman–Crippen LogP) is 9.96. The fourth-order valence-corrected chi connectivity index (χ4v) is 8.04. The first-order valence-corrected chi connectivity index (χ1v) is 15.8. The average molecular weight is 563 g/mol. The Hall–Kier alpha value is -4.30. The molecule has 0 bridgehead atoms. The maximum Gasteiger partial charge on any atom is 0.0568 e. The van der Waals surface area contributed by atoms with E-state index in [1.54, 1.807) is 0 Å². The number of anilines is 2. The maximum absolute atomic E-state index is 2.61. The topological polar surface area (TPSA) is 6.48 Å². The first-order chi connectivity index (χ1) is 20.8. The molecule has 0 radical (unpaired) electrons. The summed E-state index contributed by atoms with van der Waals surface area (Å²) in [5.74, 6) is 0. The van der Waals surface area contributed by atoms with Crippen LogP contribution in [0.15, 0.2) is 127 Å². The number of fused-ring (bicyclic) bond motifs is 5. The Bertz CT molecular complexity index is 1890. The lowest BCUT2D eigenvalue weighted by Crippen LogP contribution is -2.40. The molecule has 0 aromatic heterocycles. The van der Waals surface area contributed by atoms with E-state index in [0.29, 0.717) is 6.04 Å². The Morgan fingerprint density at radius 2 is 1.44 bits per heavy atom. The minimum atomic E-state index is -0.186. The van der Waals surface area contributed by atoms with Crippen molar-refractivity contribution in [3.05, 3.63) is 144 Å². The van der Waals surface area contributed by atoms with Crippen LogP contribution < -0.4 is 9.80 Å². The van der Waals surface area contributed by atoms with Gasteiger partial charge in [-0.1, -0.05) is 124 Å². The number of rotatable bonds is 6. The van der Waals surface area contributed by atoms with E-state index in [2.05, 4.69) is 166 Å². The molecule has 2 aliphatic rings. The normalized spacial score (nSPS) is 21.8. The summed E-state index contributed by atoms with van der Waals surface area (Å²) in [5.41, 5.74) is 8.14. The van der Waals surface area contributed by atoms with Gasteiger partial charge in [0.2, 0.25) is 0 Å². The Morgan fingerprint density at radius 1 is 0.744 bits per heavy atom. The van der Waals surface area contributed by atoms with Crippen LogP contribution in [0.5, 0.6) is 0 Å². The largest absolute Gasteiger partial charge is 0.364 e. The SMILES string of the molecule is CCCN1c2ccccc2C(C)(C)C1/C=C/C=C1/N(C)c2ccc3ccccc3c2C1(C)Cc1ccc2ccccc2c1. The van der Waals surface area contributed by atoms with Gasteiger partial charge in [-0.25, -0.2) is 0 Å². The smallest absolute Gasteiger partial charge is 0.0568 e. The molecule has 2 heteroatoms. The van der Waals surface area contributed by atoms with E-state index < -0.39 is 0 Å². The van der Waals surface area contributed by atoms with Crippen molar-refractivity contribution in [3.63, 3.8) is 0 Å². The van der Waals surface area contributed by atoms with Crippen LogP contribution >= 0.6 is 0 Å². The van der Waals surface area contributed by atoms with Crippen LogP contribution in [0.25, 0.3) is 21.5 Å². The second kappa shape index (κ2) is 10.5. The van der Waals surface area contributed by atoms with Crippen LogP contribution in [0, 0.1) is 0 Å². The molecule has 2 heterocycles. The van der Waals surface area contributed by atoms with Crippen LogP contribution in [0.3, 0.4) is 0 Å². The van der Waals surface area contributed by atoms with Crippen molar-refractivity contribution in [2.75, 3.05) is 23.4 Å². The van der Waals surface area contributed by atoms with Crippen molar-refractivity contribution in [2.45, 2.75) is 57.4 Å². The molecule has 0 saturated heterocycles. The molecule has 2 atom stereocenters. The zero-order chi connectivity index (χ0) is 29.8. The molecule has 216 valence electrons. The Kier molecular flexibility index (Phi) is 6.69. The summed E-state index contributed by atoms with van der Waals surface area (Å²) in [6.45, 7) is 10.6. The van der Waals surface area contributed by atoms with Crippen LogP contribution in [0.2, 0.25) is 0 Å². The number of likely N-dealkylation sites (N-methyl/N-ethyl adjacent to an activating group) is 1. The molecule has 0 aliphatic carbocycles. The molecular weight excluding hydrogens is 520 g/mol. The lowest BCUT2D eigenvalue weighted by Gasteiger charge is -2.32. The van der Waals surface area contributed by atoms with E-state index in [9.17, 15) is 0 Å². The van der Waals surface area contributed by atoms with Gasteiger partial charge in [0.25, 0.3) is 0 Å². The summed E-state index contributed by atoms with van der Waals surface area (Å²) in [7, 11) is 2.25. The minimum Gasteiger partial charge on any atom is -0.364 e. The summed E-state index contributed by atoms with van der Waals surface area (Å²) in [4.78, 5) is 5.05. The fraction of sp³-hybridized carbons (Fsp3) is 0.268. The van der Waals surface area contributed by atoms with E-state index in [1.807, 2.05) is 0 Å². The molecule has 43 heavy (non-hydrogen) atoms. The summed E-state index contributed by atoms with van der Waals surface area (Å²) >= 11 is 0. The summed E-state index contributed by atoms with van der Waals surface area (Å²) < 4.78 is 0. The van der Waals surface area contributed by atoms with Crippen LogP contribution in [-0.4, -0.2) is 19.6 Å². The fourth-order valence-electron chi connectivity index (χ4n) is 8.04. The lowest BCUT2D eigenvalue weighted by molar-refractivity contribution is 0.474. The van der Waals surface area contributed by atoms with Gasteiger partial charge in [0.05, 0.1) is 6.04 Å². The Morgan fingerprint density at radius 3 is 2.26 bits per heavy atom. The van der Waals surface area contributed by atoms with Crippen molar-refractivity contribution in [3.8, 4) is 0 Å². The molecule has 2 nitrogen and oxygen atoms in total. The van der Waals surface area contributed by atoms with Gasteiger partial charge < -0.3 is 9.80 Å². The quantitative estimate of drug-likeness (QED) is 0.203. The second-order valence-electron chi connectivity index (χ2n) is 13.2. The zero-order valence-electron chi connectivity index (χ0n) is 26.1. The first-order valence-electron chi connectivity index (χ1n) is 15.8. The van der Waals surface area contributed by atoms with Gasteiger partial charge in [0.1, 0.15) is 0 Å². The predicted molar refractivity (Wildman–Crippen MR) is 185 cm³/mol. The highest BCUT2D eigenvalue weighted by Crippen LogP contribution is 2.52. The average Bonchev–Trinajstić information content (AvgIpc) is 3.36. The van der Waals surface area contributed by atoms with Gasteiger partial charge >= 0.3 is 0 Å². The van der Waals surface area contributed by atoms with Gasteiger partial charge in [0.15, 0.2) is 0 Å². The van der Waals surface area contributed by atoms with Gasteiger partial charge in [0, 0.05) is 41.5 Å². The van der Waals surface area contributed by atoms with E-state index in [4.69, 9.17) is 0 Å². The maximum atomic E-state index is 2.61. The zero-order valence-corrected chi connectivity index (χ0v) is 26.1. The second-order valence-corrected chi connectivity index (χ2v) is 13.2. The van der Waals surface area contributed by atoms with Gasteiger partial charge in [-0.05, 0) is 76.2 Å². The molecule has 0 amide bonds. The summed E-state index contributed by atoms with van der Waals surface area (Å²) in [6.07, 6.45) is 9.27. The first kappa shape index (κ1) is 27.5. The van der Waals surface area contributed by atoms with Crippen molar-refractivity contribution in [1.29, 1.82) is 0 Å². The molecule has 0 N–H and O–H groups in total. The van der Waals surface area contributed by atoms with Gasteiger partial charge in [-0.15, -0.1) is 0 Å². The number of hydrogen-bond acceptors (Lipinski definition) is 2. The standard InChI is InChI=1S/C41H42N2/c1-6-26-43-35-19-12-11-18-34(35)40(2,3)37(43)20-13-21-38-41(4,28-29-22-23-30-14-7-8-16-32(30)27-29)39-33-17-10-9-15-31(33)24-25-36(39)42(38)5/h7-25,27,37H,6,26,28H2,1-5H3/b20-13+,38-21+. The number of para-hydroxylation sites is 1. The van der Waals surface area contributed by atoms with Gasteiger partial charge in [-0.2, -0.15) is 0 Å². The van der Waals surface area contributed by atoms with Crippen LogP contribution in [-0.2, 0) is 17.3 Å². The Labute approximate surface area is 257 Å². The molecule has 0 spiro atoms. The van der Waals surface area contributed by atoms with E-state index in [-0.39, 0.29) is 10.8 Å². The number of nitrogens with zero attached hydrogens (tertiary/aromatic N) is 2. The lowest BCUT2D eigenvalue weighted by atomic mass is 9.74. The number of allylic oxidation sites excluding steroid dienone is 3. The van der Waals surface area contributed by atoms with E-state index >= 15 is 0 Å². The summed E-state index contributed by atoms with van der Waals surface area (Å²) in [6, 6.07) is 38.5. The van der Waals surface area contributed by atoms with E-state index in [0.717, 1.165) is 19.4 Å². The van der Waals surface area contributed by atoms with Crippen molar-refractivity contribution < 1.29 is 0 Å². The molecule has 2 aliphatic heterocycles. The van der Waals surface area contributed by atoms with Gasteiger partial charge in [-0.3, -0.25) is 0 Å².